The van der Waals surface area contributed by atoms with Crippen LogP contribution in [-0.2, 0) is 16.0 Å². The number of aromatic nitrogens is 1. The van der Waals surface area contributed by atoms with E-state index in [9.17, 15) is 9.59 Å². The van der Waals surface area contributed by atoms with Crippen LogP contribution in [0.3, 0.4) is 0 Å². The summed E-state index contributed by atoms with van der Waals surface area (Å²) in [4.78, 5) is 33.2. The molecule has 3 heterocycles. The van der Waals surface area contributed by atoms with Gasteiger partial charge in [-0.05, 0) is 36.2 Å². The Kier molecular flexibility index (Phi) is 3.95. The summed E-state index contributed by atoms with van der Waals surface area (Å²) in [6.07, 6.45) is 0.532. The summed E-state index contributed by atoms with van der Waals surface area (Å²) in [6.45, 7) is 2.59. The fourth-order valence-corrected chi connectivity index (χ4v) is 4.71. The maximum Gasteiger partial charge on any atom is 0.246 e. The highest BCUT2D eigenvalue weighted by atomic mass is 35.5. The van der Waals surface area contributed by atoms with Crippen molar-refractivity contribution in [3.8, 4) is 0 Å². The van der Waals surface area contributed by atoms with Gasteiger partial charge < -0.3 is 14.8 Å². The summed E-state index contributed by atoms with van der Waals surface area (Å²) < 4.78 is 0. The van der Waals surface area contributed by atoms with Gasteiger partial charge in [0.2, 0.25) is 11.8 Å². The number of likely N-dealkylation sites (N-methyl/N-ethyl adjacent to an activating group) is 1. The standard InChI is InChI=1S/C22H20ClN3O2/c1-2-25-12-19(27)26-18(22(25)28)11-16-15-5-3-4-6-17(15)24-20(16)21(26)13-7-9-14(23)10-8-13/h3-10,18,21,24H,2,11-12H2,1H3/t18-,21-/m1/s1. The van der Waals surface area contributed by atoms with Crippen LogP contribution in [0.4, 0.5) is 0 Å². The molecule has 6 heteroatoms. The molecule has 2 atom stereocenters. The number of nitrogens with zero attached hydrogens (tertiary/aromatic N) is 2. The topological polar surface area (TPSA) is 56.4 Å². The lowest BCUT2D eigenvalue weighted by Gasteiger charge is -2.47. The Balaban J connectivity index is 1.74. The number of halogens is 1. The van der Waals surface area contributed by atoms with Gasteiger partial charge in [-0.1, -0.05) is 41.9 Å². The Labute approximate surface area is 167 Å². The van der Waals surface area contributed by atoms with E-state index < -0.39 is 6.04 Å². The zero-order valence-electron chi connectivity index (χ0n) is 15.5. The molecule has 3 aromatic rings. The Bertz CT molecular complexity index is 1090. The normalized spacial score (nSPS) is 21.8. The third kappa shape index (κ3) is 2.46. The summed E-state index contributed by atoms with van der Waals surface area (Å²) in [5, 5.41) is 1.76. The van der Waals surface area contributed by atoms with Gasteiger partial charge in [0.25, 0.3) is 0 Å². The van der Waals surface area contributed by atoms with Gasteiger partial charge in [0.05, 0.1) is 12.6 Å². The van der Waals surface area contributed by atoms with Crippen LogP contribution in [0, 0.1) is 0 Å². The third-order valence-corrected chi connectivity index (χ3v) is 6.16. The molecule has 0 radical (unpaired) electrons. The number of carbonyl (C=O) groups is 2. The SMILES string of the molecule is CCN1CC(=O)N2[C@H](c3ccc(Cl)cc3)c3[nH]c4ccccc4c3C[C@@H]2C1=O. The smallest absolute Gasteiger partial charge is 0.246 e. The number of aromatic amines is 1. The molecule has 2 aliphatic heterocycles. The number of benzene rings is 2. The molecule has 1 fully saturated rings. The maximum atomic E-state index is 13.1. The lowest BCUT2D eigenvalue weighted by molar-refractivity contribution is -0.158. The second kappa shape index (κ2) is 6.38. The van der Waals surface area contributed by atoms with E-state index in [0.717, 1.165) is 27.7 Å². The molecule has 28 heavy (non-hydrogen) atoms. The number of amides is 2. The number of hydrogen-bond donors (Lipinski definition) is 1. The van der Waals surface area contributed by atoms with Crippen molar-refractivity contribution in [1.82, 2.24) is 14.8 Å². The molecule has 2 aromatic carbocycles. The number of para-hydroxylation sites is 1. The number of hydrogen-bond acceptors (Lipinski definition) is 2. The minimum Gasteiger partial charge on any atom is -0.356 e. The molecule has 1 saturated heterocycles. The van der Waals surface area contributed by atoms with Crippen LogP contribution in [0.15, 0.2) is 48.5 Å². The van der Waals surface area contributed by atoms with Crippen LogP contribution >= 0.6 is 11.6 Å². The summed E-state index contributed by atoms with van der Waals surface area (Å²) in [6, 6.07) is 14.8. The fraction of sp³-hybridized carbons (Fsp3) is 0.273. The molecule has 0 aliphatic carbocycles. The third-order valence-electron chi connectivity index (χ3n) is 5.91. The van der Waals surface area contributed by atoms with Gasteiger partial charge in [0, 0.05) is 34.6 Å². The highest BCUT2D eigenvalue weighted by Gasteiger charge is 2.47. The van der Waals surface area contributed by atoms with Gasteiger partial charge >= 0.3 is 0 Å². The van der Waals surface area contributed by atoms with E-state index >= 15 is 0 Å². The highest BCUT2D eigenvalue weighted by molar-refractivity contribution is 6.30. The Morgan fingerprint density at radius 3 is 2.61 bits per heavy atom. The van der Waals surface area contributed by atoms with Gasteiger partial charge in [-0.3, -0.25) is 9.59 Å². The van der Waals surface area contributed by atoms with Crippen molar-refractivity contribution in [2.75, 3.05) is 13.1 Å². The molecule has 0 bridgehead atoms. The van der Waals surface area contributed by atoms with Crippen molar-refractivity contribution in [2.45, 2.75) is 25.4 Å². The first-order valence-electron chi connectivity index (χ1n) is 9.53. The van der Waals surface area contributed by atoms with E-state index in [1.807, 2.05) is 49.4 Å². The minimum absolute atomic E-state index is 0.0179. The summed E-state index contributed by atoms with van der Waals surface area (Å²) in [5.41, 5.74) is 4.09. The zero-order valence-corrected chi connectivity index (χ0v) is 16.2. The minimum atomic E-state index is -0.478. The predicted molar refractivity (Wildman–Crippen MR) is 108 cm³/mol. The molecule has 0 unspecified atom stereocenters. The molecule has 142 valence electrons. The van der Waals surface area contributed by atoms with Crippen LogP contribution in [0.25, 0.3) is 10.9 Å². The fourth-order valence-electron chi connectivity index (χ4n) is 4.58. The first kappa shape index (κ1) is 17.3. The van der Waals surface area contributed by atoms with E-state index in [1.165, 1.54) is 0 Å². The van der Waals surface area contributed by atoms with Crippen LogP contribution in [0.1, 0.15) is 29.8 Å². The lowest BCUT2D eigenvalue weighted by atomic mass is 9.86. The van der Waals surface area contributed by atoms with Gasteiger partial charge in [-0.2, -0.15) is 0 Å². The molecule has 1 N–H and O–H groups in total. The molecular weight excluding hydrogens is 374 g/mol. The van der Waals surface area contributed by atoms with Gasteiger partial charge in [-0.15, -0.1) is 0 Å². The number of rotatable bonds is 2. The maximum absolute atomic E-state index is 13.1. The van der Waals surface area contributed by atoms with Gasteiger partial charge in [0.1, 0.15) is 6.04 Å². The van der Waals surface area contributed by atoms with E-state index in [0.29, 0.717) is 18.0 Å². The largest absolute Gasteiger partial charge is 0.356 e. The first-order chi connectivity index (χ1) is 13.6. The summed E-state index contributed by atoms with van der Waals surface area (Å²) >= 11 is 6.09. The van der Waals surface area contributed by atoms with Crippen molar-refractivity contribution in [3.05, 3.63) is 70.4 Å². The van der Waals surface area contributed by atoms with Crippen LogP contribution in [0.2, 0.25) is 5.02 Å². The monoisotopic (exact) mass is 393 g/mol. The van der Waals surface area contributed by atoms with Crippen LogP contribution in [0.5, 0.6) is 0 Å². The highest BCUT2D eigenvalue weighted by Crippen LogP contribution is 2.42. The molecule has 5 nitrogen and oxygen atoms in total. The van der Waals surface area contributed by atoms with E-state index in [-0.39, 0.29) is 24.4 Å². The van der Waals surface area contributed by atoms with Crippen molar-refractivity contribution in [1.29, 1.82) is 0 Å². The molecule has 0 spiro atoms. The summed E-state index contributed by atoms with van der Waals surface area (Å²) in [7, 11) is 0. The second-order valence-electron chi connectivity index (χ2n) is 7.39. The zero-order chi connectivity index (χ0) is 19.4. The number of nitrogens with one attached hydrogen (secondary N) is 1. The van der Waals surface area contributed by atoms with Crippen LogP contribution < -0.4 is 0 Å². The van der Waals surface area contributed by atoms with E-state index in [4.69, 9.17) is 11.6 Å². The number of H-pyrrole nitrogens is 1. The quantitative estimate of drug-likeness (QED) is 0.724. The average Bonchev–Trinajstić information content (AvgIpc) is 3.08. The van der Waals surface area contributed by atoms with E-state index in [1.54, 1.807) is 9.80 Å². The van der Waals surface area contributed by atoms with Crippen LogP contribution in [-0.4, -0.2) is 45.7 Å². The lowest BCUT2D eigenvalue weighted by Crippen LogP contribution is -2.62. The molecule has 0 saturated carbocycles. The average molecular weight is 394 g/mol. The molecule has 1 aromatic heterocycles. The number of fused-ring (bicyclic) bond motifs is 4. The van der Waals surface area contributed by atoms with Crippen molar-refractivity contribution in [2.24, 2.45) is 0 Å². The van der Waals surface area contributed by atoms with Crippen molar-refractivity contribution < 1.29 is 9.59 Å². The van der Waals surface area contributed by atoms with Gasteiger partial charge in [-0.25, -0.2) is 0 Å². The number of carbonyl (C=O) groups excluding carboxylic acids is 2. The Morgan fingerprint density at radius 1 is 1.11 bits per heavy atom. The first-order valence-corrected chi connectivity index (χ1v) is 9.91. The molecule has 5 rings (SSSR count). The molecule has 2 amide bonds. The Morgan fingerprint density at radius 2 is 1.86 bits per heavy atom. The molecule has 2 aliphatic rings. The molecular formula is C22H20ClN3O2. The number of piperazine rings is 1. The van der Waals surface area contributed by atoms with Gasteiger partial charge in [0.15, 0.2) is 0 Å². The van der Waals surface area contributed by atoms with Crippen molar-refractivity contribution in [3.63, 3.8) is 0 Å². The Hall–Kier alpha value is -2.79. The predicted octanol–water partition coefficient (Wildman–Crippen LogP) is 3.53. The second-order valence-corrected chi connectivity index (χ2v) is 7.83. The van der Waals surface area contributed by atoms with E-state index in [2.05, 4.69) is 11.1 Å². The summed E-state index contributed by atoms with van der Waals surface area (Å²) in [5.74, 6) is 0.00713. The van der Waals surface area contributed by atoms with Crippen molar-refractivity contribution >= 4 is 34.3 Å².